The zero-order valence-corrected chi connectivity index (χ0v) is 18.3. The Labute approximate surface area is 186 Å². The van der Waals surface area contributed by atoms with Gasteiger partial charge in [-0.25, -0.2) is 10.4 Å². The molecule has 3 rings (SSSR count). The fourth-order valence-corrected chi connectivity index (χ4v) is 2.85. The molecule has 1 amide bonds. The van der Waals surface area contributed by atoms with E-state index in [1.54, 1.807) is 57.9 Å². The summed E-state index contributed by atoms with van der Waals surface area (Å²) in [4.78, 5) is 21.1. The van der Waals surface area contributed by atoms with Crippen molar-refractivity contribution in [1.82, 2.24) is 15.4 Å². The molecule has 32 heavy (non-hydrogen) atoms. The van der Waals surface area contributed by atoms with Gasteiger partial charge in [0.25, 0.3) is 5.91 Å². The number of amides is 1. The van der Waals surface area contributed by atoms with Crippen LogP contribution in [0.5, 0.6) is 23.0 Å². The Morgan fingerprint density at radius 2 is 1.72 bits per heavy atom. The normalized spacial score (nSPS) is 10.6. The third-order valence-corrected chi connectivity index (χ3v) is 4.39. The van der Waals surface area contributed by atoms with Crippen LogP contribution in [0.25, 0.3) is 11.3 Å². The molecular weight excluding hydrogens is 412 g/mol. The van der Waals surface area contributed by atoms with E-state index in [9.17, 15) is 4.79 Å². The minimum absolute atomic E-state index is 0.112. The van der Waals surface area contributed by atoms with Crippen LogP contribution < -0.4 is 24.4 Å². The van der Waals surface area contributed by atoms with E-state index >= 15 is 0 Å². The lowest BCUT2D eigenvalue weighted by Gasteiger charge is -2.11. The van der Waals surface area contributed by atoms with Crippen LogP contribution in [0.15, 0.2) is 53.9 Å². The first-order chi connectivity index (χ1) is 15.6. The van der Waals surface area contributed by atoms with Crippen molar-refractivity contribution in [2.24, 2.45) is 5.10 Å². The van der Waals surface area contributed by atoms with E-state index < -0.39 is 5.91 Å². The lowest BCUT2D eigenvalue weighted by Crippen LogP contribution is -2.19. The van der Waals surface area contributed by atoms with Crippen molar-refractivity contribution in [2.45, 2.75) is 6.92 Å². The lowest BCUT2D eigenvalue weighted by molar-refractivity contribution is 0.0950. The molecule has 0 radical (unpaired) electrons. The SMILES string of the molecule is CCOc1cc(OC)ccc1-c1cncc(C(=O)N/N=C/c2cc(OC)cc(OC)c2)n1. The van der Waals surface area contributed by atoms with Crippen molar-refractivity contribution in [3.05, 3.63) is 60.0 Å². The predicted octanol–water partition coefficient (Wildman–Crippen LogP) is 3.33. The zero-order chi connectivity index (χ0) is 22.9. The third kappa shape index (κ3) is 5.51. The summed E-state index contributed by atoms with van der Waals surface area (Å²) >= 11 is 0. The number of methoxy groups -OCH3 is 3. The molecule has 0 aliphatic rings. The molecule has 1 N–H and O–H groups in total. The molecule has 0 fully saturated rings. The Morgan fingerprint density at radius 1 is 1.00 bits per heavy atom. The highest BCUT2D eigenvalue weighted by Crippen LogP contribution is 2.32. The van der Waals surface area contributed by atoms with Crippen molar-refractivity contribution in [1.29, 1.82) is 0 Å². The number of aromatic nitrogens is 2. The van der Waals surface area contributed by atoms with Gasteiger partial charge in [-0.2, -0.15) is 5.10 Å². The summed E-state index contributed by atoms with van der Waals surface area (Å²) in [5.41, 5.74) is 4.45. The average molecular weight is 436 g/mol. The summed E-state index contributed by atoms with van der Waals surface area (Å²) in [6.07, 6.45) is 4.41. The predicted molar refractivity (Wildman–Crippen MR) is 120 cm³/mol. The molecule has 0 unspecified atom stereocenters. The van der Waals surface area contributed by atoms with Crippen LogP contribution in [0, 0.1) is 0 Å². The van der Waals surface area contributed by atoms with Gasteiger partial charge >= 0.3 is 0 Å². The van der Waals surface area contributed by atoms with Gasteiger partial charge in [-0.05, 0) is 31.2 Å². The number of hydrogen-bond acceptors (Lipinski definition) is 8. The van der Waals surface area contributed by atoms with Crippen molar-refractivity contribution >= 4 is 12.1 Å². The fraction of sp³-hybridized carbons (Fsp3) is 0.217. The summed E-state index contributed by atoms with van der Waals surface area (Å²) < 4.78 is 21.4. The van der Waals surface area contributed by atoms with Crippen LogP contribution in [0.1, 0.15) is 23.0 Å². The average Bonchev–Trinajstić information content (AvgIpc) is 2.83. The number of carbonyl (C=O) groups is 1. The van der Waals surface area contributed by atoms with E-state index in [0.717, 1.165) is 0 Å². The topological polar surface area (TPSA) is 104 Å². The number of nitrogens with zero attached hydrogens (tertiary/aromatic N) is 3. The summed E-state index contributed by atoms with van der Waals surface area (Å²) in [5, 5.41) is 4.00. The number of rotatable bonds is 9. The van der Waals surface area contributed by atoms with E-state index in [4.69, 9.17) is 18.9 Å². The summed E-state index contributed by atoms with van der Waals surface area (Å²) in [7, 11) is 4.70. The molecule has 2 aromatic carbocycles. The second-order valence-corrected chi connectivity index (χ2v) is 6.43. The first kappa shape index (κ1) is 22.5. The molecule has 0 aliphatic carbocycles. The number of carbonyl (C=O) groups excluding carboxylic acids is 1. The first-order valence-electron chi connectivity index (χ1n) is 9.77. The van der Waals surface area contributed by atoms with Crippen LogP contribution in [0.3, 0.4) is 0 Å². The van der Waals surface area contributed by atoms with E-state index in [1.165, 1.54) is 12.4 Å². The fourth-order valence-electron chi connectivity index (χ4n) is 2.85. The van der Waals surface area contributed by atoms with Gasteiger partial charge < -0.3 is 18.9 Å². The molecular formula is C23H24N4O5. The highest BCUT2D eigenvalue weighted by Gasteiger charge is 2.13. The Hall–Kier alpha value is -4.14. The van der Waals surface area contributed by atoms with E-state index in [2.05, 4.69) is 20.5 Å². The molecule has 3 aromatic rings. The number of hydrazone groups is 1. The van der Waals surface area contributed by atoms with Crippen LogP contribution in [0.2, 0.25) is 0 Å². The largest absolute Gasteiger partial charge is 0.497 e. The van der Waals surface area contributed by atoms with Crippen LogP contribution in [-0.4, -0.2) is 50.0 Å². The Kier molecular flexibility index (Phi) is 7.58. The van der Waals surface area contributed by atoms with Crippen molar-refractivity contribution in [3.8, 4) is 34.3 Å². The van der Waals surface area contributed by atoms with Crippen LogP contribution in [0.4, 0.5) is 0 Å². The van der Waals surface area contributed by atoms with Crippen molar-refractivity contribution < 1.29 is 23.7 Å². The summed E-state index contributed by atoms with van der Waals surface area (Å²) in [5.74, 6) is 1.96. The van der Waals surface area contributed by atoms with Gasteiger partial charge in [0.05, 0.1) is 52.2 Å². The van der Waals surface area contributed by atoms with E-state index in [1.807, 2.05) is 13.0 Å². The molecule has 0 aliphatic heterocycles. The van der Waals surface area contributed by atoms with E-state index in [-0.39, 0.29) is 5.69 Å². The number of ether oxygens (including phenoxy) is 4. The maximum absolute atomic E-state index is 12.5. The Balaban J connectivity index is 1.78. The second kappa shape index (κ2) is 10.8. The Bertz CT molecular complexity index is 1100. The zero-order valence-electron chi connectivity index (χ0n) is 18.3. The number of hydrogen-bond donors (Lipinski definition) is 1. The van der Waals surface area contributed by atoms with Crippen molar-refractivity contribution in [3.63, 3.8) is 0 Å². The molecule has 0 spiro atoms. The molecule has 9 heteroatoms. The maximum atomic E-state index is 12.5. The van der Waals surface area contributed by atoms with Crippen molar-refractivity contribution in [2.75, 3.05) is 27.9 Å². The van der Waals surface area contributed by atoms with Gasteiger partial charge in [0.2, 0.25) is 0 Å². The smallest absolute Gasteiger partial charge is 0.291 e. The quantitative estimate of drug-likeness (QED) is 0.405. The van der Waals surface area contributed by atoms with Gasteiger partial charge in [0.15, 0.2) is 0 Å². The van der Waals surface area contributed by atoms with Gasteiger partial charge in [-0.1, -0.05) is 0 Å². The van der Waals surface area contributed by atoms with Crippen LogP contribution >= 0.6 is 0 Å². The molecule has 9 nitrogen and oxygen atoms in total. The Morgan fingerprint density at radius 3 is 2.38 bits per heavy atom. The molecule has 0 bridgehead atoms. The van der Waals surface area contributed by atoms with Crippen LogP contribution in [-0.2, 0) is 0 Å². The molecule has 1 heterocycles. The highest BCUT2D eigenvalue weighted by atomic mass is 16.5. The monoisotopic (exact) mass is 436 g/mol. The molecule has 0 atom stereocenters. The first-order valence-corrected chi connectivity index (χ1v) is 9.77. The third-order valence-electron chi connectivity index (χ3n) is 4.39. The minimum Gasteiger partial charge on any atom is -0.497 e. The second-order valence-electron chi connectivity index (χ2n) is 6.43. The lowest BCUT2D eigenvalue weighted by atomic mass is 10.1. The molecule has 1 aromatic heterocycles. The summed E-state index contributed by atoms with van der Waals surface area (Å²) in [6.45, 7) is 2.35. The van der Waals surface area contributed by atoms with Gasteiger partial charge in [0, 0.05) is 23.3 Å². The standard InChI is InChI=1S/C23H24N4O5/c1-5-32-22-11-16(29-2)6-7-19(22)20-13-24-14-21(26-20)23(28)27-25-12-15-8-17(30-3)10-18(9-15)31-4/h6-14H,5H2,1-4H3,(H,27,28)/b25-12+. The molecule has 166 valence electrons. The molecule has 0 saturated heterocycles. The highest BCUT2D eigenvalue weighted by molar-refractivity contribution is 5.93. The minimum atomic E-state index is -0.503. The van der Waals surface area contributed by atoms with E-state index in [0.29, 0.717) is 46.4 Å². The van der Waals surface area contributed by atoms with Gasteiger partial charge in [-0.15, -0.1) is 0 Å². The summed E-state index contributed by atoms with van der Waals surface area (Å²) in [6, 6.07) is 10.6. The number of benzene rings is 2. The maximum Gasteiger partial charge on any atom is 0.291 e. The van der Waals surface area contributed by atoms with Gasteiger partial charge in [-0.3, -0.25) is 9.78 Å². The van der Waals surface area contributed by atoms with Gasteiger partial charge in [0.1, 0.15) is 28.7 Å². The number of nitrogens with one attached hydrogen (secondary N) is 1. The molecule has 0 saturated carbocycles.